The number of pyridine rings is 1. The van der Waals surface area contributed by atoms with Crippen molar-refractivity contribution < 1.29 is 13.9 Å². The van der Waals surface area contributed by atoms with Crippen LogP contribution in [0.4, 0.5) is 4.39 Å². The van der Waals surface area contributed by atoms with Crippen LogP contribution in [0, 0.1) is 6.92 Å². The highest BCUT2D eigenvalue weighted by Crippen LogP contribution is 2.41. The Morgan fingerprint density at radius 3 is 2.45 bits per heavy atom. The molecule has 1 aromatic heterocycles. The number of halogens is 1. The van der Waals surface area contributed by atoms with Crippen LogP contribution in [0.1, 0.15) is 23.6 Å². The molecule has 2 unspecified atom stereocenters. The minimum absolute atomic E-state index is 0.132. The Hall–Kier alpha value is -3.74. The second-order valence-corrected chi connectivity index (χ2v) is 7.51. The largest absolute Gasteiger partial charge is 0.460 e. The van der Waals surface area contributed by atoms with Crippen molar-refractivity contribution in [2.75, 3.05) is 7.05 Å². The molecule has 1 amide bonds. The van der Waals surface area contributed by atoms with Crippen LogP contribution in [-0.4, -0.2) is 35.2 Å². The van der Waals surface area contributed by atoms with Crippen molar-refractivity contribution in [1.82, 2.24) is 9.88 Å². The first kappa shape index (κ1) is 20.5. The molecule has 0 spiro atoms. The van der Waals surface area contributed by atoms with E-state index in [1.165, 1.54) is 11.8 Å². The van der Waals surface area contributed by atoms with E-state index in [4.69, 9.17) is 10.5 Å². The quantitative estimate of drug-likeness (QED) is 0.684. The topological polar surface area (TPSA) is 80.8 Å². The summed E-state index contributed by atoms with van der Waals surface area (Å²) in [5.41, 5.74) is 8.56. The van der Waals surface area contributed by atoms with Crippen LogP contribution in [0.2, 0.25) is 0 Å². The lowest BCUT2D eigenvalue weighted by molar-refractivity contribution is -0.129. The van der Waals surface area contributed by atoms with Gasteiger partial charge >= 0.3 is 0 Å². The van der Waals surface area contributed by atoms with Crippen LogP contribution < -0.4 is 10.5 Å². The van der Waals surface area contributed by atoms with Gasteiger partial charge in [-0.05, 0) is 59.0 Å². The first-order valence-corrected chi connectivity index (χ1v) is 9.89. The van der Waals surface area contributed by atoms with Crippen LogP contribution >= 0.6 is 0 Å². The van der Waals surface area contributed by atoms with E-state index < -0.39 is 11.9 Å². The number of nitrogens with zero attached hydrogens (tertiary/aromatic N) is 3. The van der Waals surface area contributed by atoms with Gasteiger partial charge in [0.2, 0.25) is 6.36 Å². The zero-order chi connectivity index (χ0) is 22.2. The van der Waals surface area contributed by atoms with E-state index in [9.17, 15) is 9.18 Å². The van der Waals surface area contributed by atoms with Crippen LogP contribution in [0.5, 0.6) is 5.75 Å². The molecule has 1 aliphatic rings. The van der Waals surface area contributed by atoms with Gasteiger partial charge in [0.1, 0.15) is 5.75 Å². The number of carbonyl (C=O) groups is 1. The fraction of sp³-hybridized carbons (Fsp3) is 0.208. The van der Waals surface area contributed by atoms with Crippen molar-refractivity contribution in [2.45, 2.75) is 25.7 Å². The molecule has 0 bridgehead atoms. The molecule has 3 aromatic rings. The number of alkyl halides is 1. The fourth-order valence-electron chi connectivity index (χ4n) is 3.82. The number of amides is 1. The molecule has 2 atom stereocenters. The third-order valence-electron chi connectivity index (χ3n) is 5.40. The molecule has 2 aromatic carbocycles. The zero-order valence-corrected chi connectivity index (χ0v) is 17.5. The third-order valence-corrected chi connectivity index (χ3v) is 5.40. The van der Waals surface area contributed by atoms with Gasteiger partial charge in [-0.2, -0.15) is 0 Å². The molecule has 31 heavy (non-hydrogen) atoms. The van der Waals surface area contributed by atoms with Crippen molar-refractivity contribution in [1.29, 1.82) is 0 Å². The Bertz CT molecular complexity index is 1160. The van der Waals surface area contributed by atoms with Gasteiger partial charge in [0.05, 0.1) is 0 Å². The highest BCUT2D eigenvalue weighted by Gasteiger charge is 2.49. The molecule has 7 heteroatoms. The second-order valence-electron chi connectivity index (χ2n) is 7.51. The minimum atomic E-state index is -1.44. The summed E-state index contributed by atoms with van der Waals surface area (Å²) in [6.07, 6.45) is 2.03. The zero-order valence-electron chi connectivity index (χ0n) is 17.5. The molecule has 0 saturated heterocycles. The summed E-state index contributed by atoms with van der Waals surface area (Å²) in [4.78, 5) is 23.6. The first-order valence-electron chi connectivity index (χ1n) is 9.89. The summed E-state index contributed by atoms with van der Waals surface area (Å²) in [6.45, 7) is 3.12. The highest BCUT2D eigenvalue weighted by atomic mass is 19.1. The normalized spacial score (nSPS) is 19.3. The van der Waals surface area contributed by atoms with Gasteiger partial charge < -0.3 is 10.5 Å². The summed E-state index contributed by atoms with van der Waals surface area (Å²) >= 11 is 0. The summed E-state index contributed by atoms with van der Waals surface area (Å²) in [7, 11) is 1.60. The number of rotatable bonds is 5. The number of nitrogens with two attached hydrogens (primary N) is 1. The molecule has 1 aliphatic heterocycles. The lowest BCUT2D eigenvalue weighted by atomic mass is 9.81. The molecule has 0 radical (unpaired) electrons. The Kier molecular flexibility index (Phi) is 5.19. The molecular weight excluding hydrogens is 395 g/mol. The number of benzene rings is 2. The maximum atomic E-state index is 13.5. The highest BCUT2D eigenvalue weighted by molar-refractivity contribution is 6.09. The van der Waals surface area contributed by atoms with Crippen LogP contribution in [0.15, 0.2) is 72.0 Å². The van der Waals surface area contributed by atoms with Crippen LogP contribution in [0.3, 0.4) is 0 Å². The second kappa shape index (κ2) is 7.83. The molecular formula is C24H23FN4O2. The molecule has 4 rings (SSSR count). The summed E-state index contributed by atoms with van der Waals surface area (Å²) < 4.78 is 18.6. The molecule has 6 nitrogen and oxygen atoms in total. The van der Waals surface area contributed by atoms with E-state index in [2.05, 4.69) is 9.98 Å². The van der Waals surface area contributed by atoms with Crippen molar-refractivity contribution in [2.24, 2.45) is 10.7 Å². The van der Waals surface area contributed by atoms with Crippen LogP contribution in [0.25, 0.3) is 11.1 Å². The third kappa shape index (κ3) is 3.52. The van der Waals surface area contributed by atoms with E-state index >= 15 is 0 Å². The Morgan fingerprint density at radius 1 is 1.10 bits per heavy atom. The number of carbonyl (C=O) groups excluding carboxylic acids is 1. The van der Waals surface area contributed by atoms with Crippen LogP contribution in [-0.2, 0) is 10.3 Å². The number of aryl methyl sites for hydroxylation is 1. The average Bonchev–Trinajstić information content (AvgIpc) is 3.00. The summed E-state index contributed by atoms with van der Waals surface area (Å²) in [5, 5.41) is 0. The van der Waals surface area contributed by atoms with Gasteiger partial charge in [-0.1, -0.05) is 30.3 Å². The number of likely N-dealkylation sites (N-methyl/N-ethyl adjacent to an activating group) is 1. The number of hydrogen-bond acceptors (Lipinski definition) is 5. The lowest BCUT2D eigenvalue weighted by Gasteiger charge is -2.27. The monoisotopic (exact) mass is 418 g/mol. The Morgan fingerprint density at radius 2 is 1.84 bits per heavy atom. The minimum Gasteiger partial charge on any atom is -0.460 e. The molecule has 0 saturated carbocycles. The maximum Gasteiger partial charge on any atom is 0.266 e. The predicted molar refractivity (Wildman–Crippen MR) is 117 cm³/mol. The summed E-state index contributed by atoms with van der Waals surface area (Å²) in [6, 6.07) is 16.6. The van der Waals surface area contributed by atoms with E-state index in [-0.39, 0.29) is 11.9 Å². The predicted octanol–water partition coefficient (Wildman–Crippen LogP) is 3.78. The Labute approximate surface area is 180 Å². The smallest absolute Gasteiger partial charge is 0.266 e. The first-order chi connectivity index (χ1) is 14.8. The SMILES string of the molecule is Cc1cc(C2(c3cccc(-c4cccnc4)c3)N=C(N)N(C)C2=O)ccc1OC(C)F. The van der Waals surface area contributed by atoms with E-state index in [1.54, 1.807) is 44.6 Å². The van der Waals surface area contributed by atoms with Gasteiger partial charge in [-0.25, -0.2) is 9.38 Å². The van der Waals surface area contributed by atoms with Gasteiger partial charge in [-0.3, -0.25) is 14.7 Å². The summed E-state index contributed by atoms with van der Waals surface area (Å²) in [5.74, 6) is 0.279. The average molecular weight is 418 g/mol. The molecule has 0 fully saturated rings. The van der Waals surface area contributed by atoms with E-state index in [0.29, 0.717) is 22.4 Å². The lowest BCUT2D eigenvalue weighted by Crippen LogP contribution is -2.41. The maximum absolute atomic E-state index is 13.5. The Balaban J connectivity index is 1.90. The van der Waals surface area contributed by atoms with Gasteiger partial charge in [0, 0.05) is 26.4 Å². The van der Waals surface area contributed by atoms with Crippen molar-refractivity contribution in [3.8, 4) is 16.9 Å². The van der Waals surface area contributed by atoms with Gasteiger partial charge in [0.25, 0.3) is 5.91 Å². The number of hydrogen-bond donors (Lipinski definition) is 1. The molecule has 158 valence electrons. The van der Waals surface area contributed by atoms with Gasteiger partial charge in [-0.15, -0.1) is 0 Å². The van der Waals surface area contributed by atoms with Crippen molar-refractivity contribution >= 4 is 11.9 Å². The molecule has 0 aliphatic carbocycles. The van der Waals surface area contributed by atoms with Crippen molar-refractivity contribution in [3.05, 3.63) is 83.7 Å². The molecule has 2 N–H and O–H groups in total. The van der Waals surface area contributed by atoms with E-state index in [1.807, 2.05) is 36.4 Å². The molecule has 2 heterocycles. The van der Waals surface area contributed by atoms with E-state index in [0.717, 1.165) is 11.1 Å². The fourth-order valence-corrected chi connectivity index (χ4v) is 3.82. The standard InChI is InChI=1S/C24H23FN4O2/c1-15-12-20(9-10-21(15)31-16(2)25)24(22(30)29(3)23(26)28-24)19-8-4-6-17(13-19)18-7-5-11-27-14-18/h4-14,16H,1-3H3,(H2,26,28). The number of aromatic nitrogens is 1. The van der Waals surface area contributed by atoms with Gasteiger partial charge in [0.15, 0.2) is 11.5 Å². The number of aliphatic imine (C=N–C) groups is 1. The number of ether oxygens (including phenoxy) is 1. The van der Waals surface area contributed by atoms with Crippen molar-refractivity contribution in [3.63, 3.8) is 0 Å². The number of guanidine groups is 1.